The zero-order valence-electron chi connectivity index (χ0n) is 20.5. The van der Waals surface area contributed by atoms with Crippen molar-refractivity contribution >= 4 is 29.2 Å². The fraction of sp³-hybridized carbons (Fsp3) is 0.133. The van der Waals surface area contributed by atoms with Gasteiger partial charge < -0.3 is 0 Å². The molecule has 1 unspecified atom stereocenters. The topological polar surface area (TPSA) is 77.5 Å². The summed E-state index contributed by atoms with van der Waals surface area (Å²) in [5.74, 6) is -0.693. The minimum Gasteiger partial charge on any atom is -0.272 e. The molecule has 0 fully saturated rings. The predicted molar refractivity (Wildman–Crippen MR) is 146 cm³/mol. The molecule has 0 spiro atoms. The normalized spacial score (nSPS) is 18.1. The molecule has 6 nitrogen and oxygen atoms in total. The number of nitro benzene ring substituents is 1. The van der Waals surface area contributed by atoms with Gasteiger partial charge in [-0.3, -0.25) is 19.5 Å². The van der Waals surface area contributed by atoms with Gasteiger partial charge in [-0.15, -0.1) is 0 Å². The van der Waals surface area contributed by atoms with Crippen LogP contribution in [0.2, 0.25) is 0 Å². The van der Waals surface area contributed by atoms with Crippen LogP contribution in [-0.4, -0.2) is 9.49 Å². The number of nitro groups is 1. The number of nitrogens with zero attached hydrogens (tertiary/aromatic N) is 3. The summed E-state index contributed by atoms with van der Waals surface area (Å²) in [7, 11) is 0. The number of allylic oxidation sites excluding steroid dienone is 2. The average Bonchev–Trinajstić information content (AvgIpc) is 3.24. The van der Waals surface area contributed by atoms with E-state index in [4.69, 9.17) is 4.99 Å². The Morgan fingerprint density at radius 3 is 2.36 bits per heavy atom. The first-order valence-corrected chi connectivity index (χ1v) is 13.2. The third kappa shape index (κ3) is 4.66. The van der Waals surface area contributed by atoms with Crippen LogP contribution >= 0.6 is 11.3 Å². The summed E-state index contributed by atoms with van der Waals surface area (Å²) in [6, 6.07) is 18.1. The van der Waals surface area contributed by atoms with E-state index >= 15 is 0 Å². The van der Waals surface area contributed by atoms with Crippen LogP contribution in [0.25, 0.3) is 12.2 Å². The molecule has 3 aromatic carbocycles. The van der Waals surface area contributed by atoms with Gasteiger partial charge in [-0.05, 0) is 84.0 Å². The SMILES string of the molecule is O=c1/c(=C/c2ccccc2[N+](=O)[O-])sc2n1C(c1ccc(F)cc1)C1=C(N=2)/C(=C/c2ccc(F)cc2)CCC1. The molecule has 2 aliphatic rings. The van der Waals surface area contributed by atoms with Gasteiger partial charge in [0.15, 0.2) is 4.80 Å². The summed E-state index contributed by atoms with van der Waals surface area (Å²) in [5, 5.41) is 11.6. The average molecular weight is 542 g/mol. The third-order valence-corrected chi connectivity index (χ3v) is 7.93. The Balaban J connectivity index is 1.58. The molecular formula is C30H21F2N3O3S. The zero-order valence-corrected chi connectivity index (χ0v) is 21.3. The van der Waals surface area contributed by atoms with E-state index in [-0.39, 0.29) is 22.9 Å². The second-order valence-electron chi connectivity index (χ2n) is 9.40. The Kier molecular flexibility index (Phi) is 6.36. The third-order valence-electron chi connectivity index (χ3n) is 6.95. The maximum atomic E-state index is 13.9. The number of fused-ring (bicyclic) bond motifs is 1. The quantitative estimate of drug-likeness (QED) is 0.247. The first kappa shape index (κ1) is 24.8. The van der Waals surface area contributed by atoms with Gasteiger partial charge in [0.05, 0.1) is 26.8 Å². The number of halogens is 2. The maximum Gasteiger partial charge on any atom is 0.276 e. The Morgan fingerprint density at radius 2 is 1.64 bits per heavy atom. The smallest absolute Gasteiger partial charge is 0.272 e. The molecule has 0 radical (unpaired) electrons. The highest BCUT2D eigenvalue weighted by Crippen LogP contribution is 2.41. The minimum absolute atomic E-state index is 0.0952. The van der Waals surface area contributed by atoms with Crippen molar-refractivity contribution in [3.8, 4) is 0 Å². The summed E-state index contributed by atoms with van der Waals surface area (Å²) in [6.07, 6.45) is 5.82. The second kappa shape index (κ2) is 9.99. The van der Waals surface area contributed by atoms with Crippen LogP contribution in [0.15, 0.2) is 99.4 Å². The summed E-state index contributed by atoms with van der Waals surface area (Å²) in [5.41, 5.74) is 4.21. The van der Waals surface area contributed by atoms with E-state index in [1.54, 1.807) is 47.0 Å². The fourth-order valence-corrected chi connectivity index (χ4v) is 6.17. The van der Waals surface area contributed by atoms with Crippen molar-refractivity contribution < 1.29 is 13.7 Å². The molecule has 0 bridgehead atoms. The Morgan fingerprint density at radius 1 is 0.949 bits per heavy atom. The molecule has 4 aromatic rings. The number of hydrogen-bond donors (Lipinski definition) is 0. The number of benzene rings is 3. The molecule has 1 aliphatic carbocycles. The molecule has 0 N–H and O–H groups in total. The van der Waals surface area contributed by atoms with Crippen molar-refractivity contribution in [2.45, 2.75) is 25.3 Å². The molecule has 2 heterocycles. The summed E-state index contributed by atoms with van der Waals surface area (Å²) >= 11 is 1.17. The summed E-state index contributed by atoms with van der Waals surface area (Å²) < 4.78 is 29.3. The molecule has 1 atom stereocenters. The Labute approximate surface area is 225 Å². The van der Waals surface area contributed by atoms with Crippen molar-refractivity contribution in [3.63, 3.8) is 0 Å². The molecule has 194 valence electrons. The molecule has 0 saturated heterocycles. The minimum atomic E-state index is -0.498. The molecule has 0 saturated carbocycles. The highest BCUT2D eigenvalue weighted by Gasteiger charge is 2.32. The van der Waals surface area contributed by atoms with Crippen LogP contribution in [0.4, 0.5) is 14.5 Å². The Hall–Kier alpha value is -4.50. The van der Waals surface area contributed by atoms with E-state index in [2.05, 4.69) is 0 Å². The molecule has 39 heavy (non-hydrogen) atoms. The van der Waals surface area contributed by atoms with Crippen molar-refractivity contribution in [3.05, 3.63) is 148 Å². The molecule has 6 rings (SSSR count). The van der Waals surface area contributed by atoms with Crippen molar-refractivity contribution in [2.75, 3.05) is 0 Å². The van der Waals surface area contributed by atoms with E-state index in [1.165, 1.54) is 47.7 Å². The van der Waals surface area contributed by atoms with Crippen LogP contribution in [0.3, 0.4) is 0 Å². The predicted octanol–water partition coefficient (Wildman–Crippen LogP) is 5.67. The number of rotatable bonds is 4. The summed E-state index contributed by atoms with van der Waals surface area (Å²) in [6.45, 7) is 0. The van der Waals surface area contributed by atoms with Crippen LogP contribution in [0, 0.1) is 21.7 Å². The van der Waals surface area contributed by atoms with Gasteiger partial charge in [-0.25, -0.2) is 13.8 Å². The first-order valence-electron chi connectivity index (χ1n) is 12.4. The molecule has 1 aliphatic heterocycles. The lowest BCUT2D eigenvalue weighted by molar-refractivity contribution is -0.385. The first-order chi connectivity index (χ1) is 18.9. The van der Waals surface area contributed by atoms with E-state index in [1.807, 2.05) is 6.08 Å². The van der Waals surface area contributed by atoms with Gasteiger partial charge in [0.2, 0.25) is 0 Å². The highest BCUT2D eigenvalue weighted by atomic mass is 32.1. The lowest BCUT2D eigenvalue weighted by Crippen LogP contribution is -2.39. The summed E-state index contributed by atoms with van der Waals surface area (Å²) in [4.78, 5) is 30.3. The molecule has 9 heteroatoms. The standard InChI is InChI=1S/C30H21F2N3O3S/c31-22-12-8-18(9-13-22)16-21-5-3-6-24-27(21)33-30-34(28(24)19-10-14-23(32)15-11-19)29(36)26(39-30)17-20-4-1-2-7-25(20)35(37)38/h1-2,4,7-17,28H,3,5-6H2/b21-16+,26-17-. The van der Waals surface area contributed by atoms with E-state index < -0.39 is 11.0 Å². The number of hydrogen-bond acceptors (Lipinski definition) is 5. The van der Waals surface area contributed by atoms with Gasteiger partial charge in [0.25, 0.3) is 11.2 Å². The van der Waals surface area contributed by atoms with Crippen LogP contribution in [0.1, 0.15) is 42.0 Å². The highest BCUT2D eigenvalue weighted by molar-refractivity contribution is 7.07. The molecular weight excluding hydrogens is 520 g/mol. The van der Waals surface area contributed by atoms with Crippen molar-refractivity contribution in [1.29, 1.82) is 0 Å². The van der Waals surface area contributed by atoms with Crippen LogP contribution in [-0.2, 0) is 0 Å². The lowest BCUT2D eigenvalue weighted by Gasteiger charge is -2.31. The monoisotopic (exact) mass is 541 g/mol. The zero-order chi connectivity index (χ0) is 27.1. The van der Waals surface area contributed by atoms with Gasteiger partial charge in [-0.1, -0.05) is 47.7 Å². The van der Waals surface area contributed by atoms with E-state index in [0.29, 0.717) is 21.3 Å². The molecule has 0 amide bonds. The van der Waals surface area contributed by atoms with Crippen molar-refractivity contribution in [2.24, 2.45) is 4.99 Å². The lowest BCUT2D eigenvalue weighted by atomic mass is 9.84. The van der Waals surface area contributed by atoms with Gasteiger partial charge >= 0.3 is 0 Å². The van der Waals surface area contributed by atoms with Gasteiger partial charge in [0, 0.05) is 6.07 Å². The van der Waals surface area contributed by atoms with Gasteiger partial charge in [-0.2, -0.15) is 0 Å². The van der Waals surface area contributed by atoms with E-state index in [0.717, 1.165) is 40.8 Å². The van der Waals surface area contributed by atoms with Crippen LogP contribution < -0.4 is 14.9 Å². The largest absolute Gasteiger partial charge is 0.276 e. The maximum absolute atomic E-state index is 13.9. The van der Waals surface area contributed by atoms with E-state index in [9.17, 15) is 23.7 Å². The van der Waals surface area contributed by atoms with Gasteiger partial charge in [0.1, 0.15) is 11.6 Å². The number of aromatic nitrogens is 1. The number of para-hydroxylation sites is 1. The fourth-order valence-electron chi connectivity index (χ4n) is 5.18. The molecule has 1 aromatic heterocycles. The Bertz CT molecular complexity index is 1850. The second-order valence-corrected chi connectivity index (χ2v) is 10.4. The van der Waals surface area contributed by atoms with Crippen LogP contribution in [0.5, 0.6) is 0 Å². The number of thiazole rings is 1. The van der Waals surface area contributed by atoms with Crippen molar-refractivity contribution in [1.82, 2.24) is 4.57 Å².